The standard InChI is InChI=1S/C17H15NO/c19-17(14-9-5-2-6-10-14)16-12-18-11-15(16)13-7-3-1-4-8-13/h1-12,17-19H/t17-/m0/s1. The number of aliphatic hydroxyl groups is 1. The molecule has 0 radical (unpaired) electrons. The molecule has 2 N–H and O–H groups in total. The van der Waals surface area contributed by atoms with Gasteiger partial charge in [0.15, 0.2) is 0 Å². The number of hydrogen-bond donors (Lipinski definition) is 2. The molecule has 1 atom stereocenters. The van der Waals surface area contributed by atoms with Crippen molar-refractivity contribution in [2.75, 3.05) is 0 Å². The van der Waals surface area contributed by atoms with Crippen molar-refractivity contribution < 1.29 is 5.11 Å². The number of rotatable bonds is 3. The monoisotopic (exact) mass is 249 g/mol. The second-order valence-corrected chi connectivity index (χ2v) is 4.50. The van der Waals surface area contributed by atoms with Gasteiger partial charge in [-0.3, -0.25) is 0 Å². The first-order valence-electron chi connectivity index (χ1n) is 6.31. The van der Waals surface area contributed by atoms with Crippen LogP contribution in [0.4, 0.5) is 0 Å². The molecular formula is C17H15NO. The normalized spacial score (nSPS) is 12.3. The maximum Gasteiger partial charge on any atom is 0.106 e. The summed E-state index contributed by atoms with van der Waals surface area (Å²) in [5, 5.41) is 10.5. The number of hydrogen-bond acceptors (Lipinski definition) is 1. The minimum absolute atomic E-state index is 0.609. The van der Waals surface area contributed by atoms with Crippen molar-refractivity contribution in [3.63, 3.8) is 0 Å². The van der Waals surface area contributed by atoms with Crippen LogP contribution in [0.3, 0.4) is 0 Å². The molecule has 2 heteroatoms. The first-order chi connectivity index (χ1) is 9.36. The van der Waals surface area contributed by atoms with E-state index in [4.69, 9.17) is 0 Å². The molecule has 0 aliphatic carbocycles. The van der Waals surface area contributed by atoms with Gasteiger partial charge in [0.05, 0.1) is 0 Å². The van der Waals surface area contributed by atoms with Crippen LogP contribution in [-0.2, 0) is 0 Å². The minimum atomic E-state index is -0.609. The molecule has 0 amide bonds. The van der Waals surface area contributed by atoms with Gasteiger partial charge in [0.2, 0.25) is 0 Å². The lowest BCUT2D eigenvalue weighted by atomic mass is 9.97. The Labute approximate surface area is 112 Å². The molecule has 0 bridgehead atoms. The maximum atomic E-state index is 10.5. The highest BCUT2D eigenvalue weighted by Gasteiger charge is 2.15. The van der Waals surface area contributed by atoms with E-state index in [2.05, 4.69) is 4.98 Å². The predicted octanol–water partition coefficient (Wildman–Crippen LogP) is 3.76. The second kappa shape index (κ2) is 5.12. The van der Waals surface area contributed by atoms with Crippen molar-refractivity contribution >= 4 is 0 Å². The maximum absolute atomic E-state index is 10.5. The molecular weight excluding hydrogens is 234 g/mol. The number of nitrogens with one attached hydrogen (secondary N) is 1. The van der Waals surface area contributed by atoms with Gasteiger partial charge in [-0.1, -0.05) is 60.7 Å². The zero-order valence-electron chi connectivity index (χ0n) is 10.5. The lowest BCUT2D eigenvalue weighted by Crippen LogP contribution is -1.99. The number of H-pyrrole nitrogens is 1. The molecule has 3 rings (SSSR count). The molecule has 0 saturated heterocycles. The van der Waals surface area contributed by atoms with E-state index in [0.29, 0.717) is 0 Å². The Balaban J connectivity index is 2.01. The topological polar surface area (TPSA) is 36.0 Å². The summed E-state index contributed by atoms with van der Waals surface area (Å²) in [5.74, 6) is 0. The summed E-state index contributed by atoms with van der Waals surface area (Å²) in [6.07, 6.45) is 3.18. The van der Waals surface area contributed by atoms with Gasteiger partial charge in [-0.25, -0.2) is 0 Å². The molecule has 0 unspecified atom stereocenters. The fraction of sp³-hybridized carbons (Fsp3) is 0.0588. The quantitative estimate of drug-likeness (QED) is 0.728. The van der Waals surface area contributed by atoms with Gasteiger partial charge in [-0.15, -0.1) is 0 Å². The molecule has 3 aromatic rings. The Bertz CT molecular complexity index is 643. The molecule has 0 aliphatic heterocycles. The molecule has 19 heavy (non-hydrogen) atoms. The Kier molecular flexibility index (Phi) is 3.17. The van der Waals surface area contributed by atoms with Gasteiger partial charge < -0.3 is 10.1 Å². The zero-order valence-corrected chi connectivity index (χ0v) is 10.5. The second-order valence-electron chi connectivity index (χ2n) is 4.50. The summed E-state index contributed by atoms with van der Waals surface area (Å²) in [4.78, 5) is 3.09. The fourth-order valence-corrected chi connectivity index (χ4v) is 2.28. The smallest absolute Gasteiger partial charge is 0.106 e. The largest absolute Gasteiger partial charge is 0.384 e. The van der Waals surface area contributed by atoms with E-state index in [1.807, 2.05) is 73.1 Å². The van der Waals surface area contributed by atoms with Crippen LogP contribution in [0.5, 0.6) is 0 Å². The molecule has 1 aromatic heterocycles. The van der Waals surface area contributed by atoms with E-state index in [1.54, 1.807) is 0 Å². The minimum Gasteiger partial charge on any atom is -0.384 e. The van der Waals surface area contributed by atoms with Crippen molar-refractivity contribution in [3.05, 3.63) is 84.2 Å². The van der Waals surface area contributed by atoms with Gasteiger partial charge in [-0.2, -0.15) is 0 Å². The first-order valence-corrected chi connectivity index (χ1v) is 6.31. The Hall–Kier alpha value is -2.32. The van der Waals surface area contributed by atoms with Crippen molar-refractivity contribution in [1.82, 2.24) is 4.98 Å². The summed E-state index contributed by atoms with van der Waals surface area (Å²) >= 11 is 0. The van der Waals surface area contributed by atoms with Gasteiger partial charge in [0.25, 0.3) is 0 Å². The highest BCUT2D eigenvalue weighted by atomic mass is 16.3. The summed E-state index contributed by atoms with van der Waals surface area (Å²) in [6, 6.07) is 19.8. The number of aromatic nitrogens is 1. The van der Waals surface area contributed by atoms with Gasteiger partial charge >= 0.3 is 0 Å². The van der Waals surface area contributed by atoms with Crippen LogP contribution in [0.2, 0.25) is 0 Å². The van der Waals surface area contributed by atoms with Crippen molar-refractivity contribution in [1.29, 1.82) is 0 Å². The van der Waals surface area contributed by atoms with E-state index in [9.17, 15) is 5.11 Å². The number of aromatic amines is 1. The molecule has 2 nitrogen and oxygen atoms in total. The van der Waals surface area contributed by atoms with Crippen molar-refractivity contribution in [3.8, 4) is 11.1 Å². The van der Waals surface area contributed by atoms with E-state index < -0.39 is 6.10 Å². The Morgan fingerprint density at radius 3 is 2.11 bits per heavy atom. The van der Waals surface area contributed by atoms with Crippen LogP contribution in [0, 0.1) is 0 Å². The average molecular weight is 249 g/mol. The van der Waals surface area contributed by atoms with Gasteiger partial charge in [0.1, 0.15) is 6.10 Å². The third-order valence-electron chi connectivity index (χ3n) is 3.27. The summed E-state index contributed by atoms with van der Waals surface area (Å²) in [5.41, 5.74) is 3.95. The predicted molar refractivity (Wildman–Crippen MR) is 76.7 cm³/mol. The highest BCUT2D eigenvalue weighted by Crippen LogP contribution is 2.31. The Morgan fingerprint density at radius 2 is 1.42 bits per heavy atom. The lowest BCUT2D eigenvalue weighted by molar-refractivity contribution is 0.221. The molecule has 2 aromatic carbocycles. The summed E-state index contributed by atoms with van der Waals surface area (Å²) in [7, 11) is 0. The van der Waals surface area contributed by atoms with E-state index in [0.717, 1.165) is 22.3 Å². The van der Waals surface area contributed by atoms with Gasteiger partial charge in [-0.05, 0) is 11.1 Å². The SMILES string of the molecule is O[C@@H](c1ccccc1)c1c[nH]cc1-c1ccccc1. The van der Waals surface area contributed by atoms with E-state index in [-0.39, 0.29) is 0 Å². The third-order valence-corrected chi connectivity index (χ3v) is 3.27. The number of benzene rings is 2. The lowest BCUT2D eigenvalue weighted by Gasteiger charge is -2.12. The highest BCUT2D eigenvalue weighted by molar-refractivity contribution is 5.67. The Morgan fingerprint density at radius 1 is 0.789 bits per heavy atom. The van der Waals surface area contributed by atoms with Crippen LogP contribution in [0.15, 0.2) is 73.1 Å². The molecule has 0 aliphatic rings. The van der Waals surface area contributed by atoms with Crippen LogP contribution >= 0.6 is 0 Å². The summed E-state index contributed by atoms with van der Waals surface area (Å²) in [6.45, 7) is 0. The molecule has 0 saturated carbocycles. The molecule has 1 heterocycles. The molecule has 94 valence electrons. The first kappa shape index (κ1) is 11.8. The van der Waals surface area contributed by atoms with Crippen molar-refractivity contribution in [2.45, 2.75) is 6.10 Å². The summed E-state index contributed by atoms with van der Waals surface area (Å²) < 4.78 is 0. The van der Waals surface area contributed by atoms with Gasteiger partial charge in [0, 0.05) is 23.5 Å². The van der Waals surface area contributed by atoms with Crippen LogP contribution < -0.4 is 0 Å². The van der Waals surface area contributed by atoms with E-state index >= 15 is 0 Å². The fourth-order valence-electron chi connectivity index (χ4n) is 2.28. The van der Waals surface area contributed by atoms with Crippen LogP contribution in [-0.4, -0.2) is 10.1 Å². The van der Waals surface area contributed by atoms with Crippen LogP contribution in [0.1, 0.15) is 17.2 Å². The molecule has 0 spiro atoms. The third kappa shape index (κ3) is 2.30. The van der Waals surface area contributed by atoms with Crippen LogP contribution in [0.25, 0.3) is 11.1 Å². The zero-order chi connectivity index (χ0) is 13.1. The number of aliphatic hydroxyl groups excluding tert-OH is 1. The van der Waals surface area contributed by atoms with E-state index in [1.165, 1.54) is 0 Å². The molecule has 0 fully saturated rings. The average Bonchev–Trinajstić information content (AvgIpc) is 2.98. The van der Waals surface area contributed by atoms with Crippen molar-refractivity contribution in [2.24, 2.45) is 0 Å².